The third-order valence-corrected chi connectivity index (χ3v) is 4.33. The predicted octanol–water partition coefficient (Wildman–Crippen LogP) is 2.83. The van der Waals surface area contributed by atoms with Gasteiger partial charge in [-0.1, -0.05) is 57.0 Å². The SMILES string of the molecule is CCCCC(C)C(=O)Nc1cnc(-n2cnnn2)nc1NCc1ccccc1. The van der Waals surface area contributed by atoms with Gasteiger partial charge < -0.3 is 10.6 Å². The average Bonchev–Trinajstić information content (AvgIpc) is 3.26. The lowest BCUT2D eigenvalue weighted by atomic mass is 10.0. The Bertz CT molecular complexity index is 882. The van der Waals surface area contributed by atoms with Gasteiger partial charge in [-0.3, -0.25) is 4.79 Å². The Balaban J connectivity index is 1.80. The molecule has 0 aliphatic carbocycles. The number of unbranched alkanes of at least 4 members (excludes halogenated alkanes) is 1. The van der Waals surface area contributed by atoms with Crippen molar-refractivity contribution in [3.05, 3.63) is 48.4 Å². The molecule has 0 bridgehead atoms. The van der Waals surface area contributed by atoms with E-state index >= 15 is 0 Å². The van der Waals surface area contributed by atoms with Crippen LogP contribution in [0.1, 0.15) is 38.7 Å². The Labute approximate surface area is 163 Å². The van der Waals surface area contributed by atoms with Crippen LogP contribution in [0.5, 0.6) is 0 Å². The van der Waals surface area contributed by atoms with Crippen LogP contribution in [0.2, 0.25) is 0 Å². The minimum absolute atomic E-state index is 0.0463. The highest BCUT2D eigenvalue weighted by atomic mass is 16.1. The van der Waals surface area contributed by atoms with Gasteiger partial charge in [-0.25, -0.2) is 4.98 Å². The zero-order valence-electron chi connectivity index (χ0n) is 16.0. The molecule has 2 heterocycles. The first-order valence-corrected chi connectivity index (χ1v) is 9.36. The highest BCUT2D eigenvalue weighted by Crippen LogP contribution is 2.21. The van der Waals surface area contributed by atoms with Crippen LogP contribution in [-0.2, 0) is 11.3 Å². The van der Waals surface area contributed by atoms with Crippen molar-refractivity contribution in [1.82, 2.24) is 30.2 Å². The van der Waals surface area contributed by atoms with Crippen molar-refractivity contribution in [2.45, 2.75) is 39.7 Å². The molecule has 9 heteroatoms. The summed E-state index contributed by atoms with van der Waals surface area (Å²) in [6.07, 6.45) is 5.91. The van der Waals surface area contributed by atoms with Crippen LogP contribution in [-0.4, -0.2) is 36.1 Å². The largest absolute Gasteiger partial charge is 0.364 e. The molecule has 0 saturated heterocycles. The smallest absolute Gasteiger partial charge is 0.255 e. The number of rotatable bonds is 9. The lowest BCUT2D eigenvalue weighted by molar-refractivity contribution is -0.119. The minimum Gasteiger partial charge on any atom is -0.364 e. The molecule has 0 aliphatic rings. The summed E-state index contributed by atoms with van der Waals surface area (Å²) >= 11 is 0. The summed E-state index contributed by atoms with van der Waals surface area (Å²) in [6.45, 7) is 4.60. The molecule has 28 heavy (non-hydrogen) atoms. The first kappa shape index (κ1) is 19.4. The second-order valence-electron chi connectivity index (χ2n) is 6.56. The molecule has 1 aromatic carbocycles. The third-order valence-electron chi connectivity index (χ3n) is 4.33. The number of carbonyl (C=O) groups excluding carboxylic acids is 1. The number of nitrogens with one attached hydrogen (secondary N) is 2. The third kappa shape index (κ3) is 5.09. The van der Waals surface area contributed by atoms with Gasteiger partial charge in [0, 0.05) is 12.5 Å². The number of aromatic nitrogens is 6. The molecular weight excluding hydrogens is 356 g/mol. The molecule has 0 saturated carbocycles. The Morgan fingerprint density at radius 1 is 1.25 bits per heavy atom. The summed E-state index contributed by atoms with van der Waals surface area (Å²) in [5.74, 6) is 0.703. The Morgan fingerprint density at radius 2 is 2.07 bits per heavy atom. The monoisotopic (exact) mass is 380 g/mol. The molecule has 0 radical (unpaired) electrons. The summed E-state index contributed by atoms with van der Waals surface area (Å²) in [6, 6.07) is 9.94. The number of nitrogens with zero attached hydrogens (tertiary/aromatic N) is 6. The van der Waals surface area contributed by atoms with Gasteiger partial charge in [0.15, 0.2) is 5.82 Å². The molecule has 146 valence electrons. The van der Waals surface area contributed by atoms with E-state index in [0.29, 0.717) is 24.0 Å². The van der Waals surface area contributed by atoms with E-state index in [9.17, 15) is 4.79 Å². The van der Waals surface area contributed by atoms with Gasteiger partial charge in [-0.2, -0.15) is 9.67 Å². The fourth-order valence-electron chi connectivity index (χ4n) is 2.64. The van der Waals surface area contributed by atoms with Crippen molar-refractivity contribution in [2.75, 3.05) is 10.6 Å². The first-order valence-electron chi connectivity index (χ1n) is 9.36. The topological polar surface area (TPSA) is 111 Å². The Kier molecular flexibility index (Phi) is 6.61. The fraction of sp³-hybridized carbons (Fsp3) is 0.368. The zero-order valence-corrected chi connectivity index (χ0v) is 16.0. The van der Waals surface area contributed by atoms with Crippen LogP contribution in [0.15, 0.2) is 42.9 Å². The minimum atomic E-state index is -0.0823. The highest BCUT2D eigenvalue weighted by molar-refractivity contribution is 5.94. The van der Waals surface area contributed by atoms with E-state index in [-0.39, 0.29) is 11.8 Å². The number of tetrazole rings is 1. The van der Waals surface area contributed by atoms with Crippen molar-refractivity contribution < 1.29 is 4.79 Å². The van der Waals surface area contributed by atoms with E-state index in [1.165, 1.54) is 11.0 Å². The number of anilines is 2. The lowest BCUT2D eigenvalue weighted by Crippen LogP contribution is -2.22. The summed E-state index contributed by atoms with van der Waals surface area (Å²) in [4.78, 5) is 21.3. The molecule has 2 N–H and O–H groups in total. The van der Waals surface area contributed by atoms with Crippen LogP contribution >= 0.6 is 0 Å². The maximum absolute atomic E-state index is 12.5. The second kappa shape index (κ2) is 9.54. The van der Waals surface area contributed by atoms with Crippen molar-refractivity contribution in [3.8, 4) is 5.95 Å². The molecule has 3 rings (SSSR count). The summed E-state index contributed by atoms with van der Waals surface area (Å²) in [5.41, 5.74) is 1.62. The summed E-state index contributed by atoms with van der Waals surface area (Å²) in [5, 5.41) is 17.2. The molecule has 1 atom stereocenters. The number of benzene rings is 1. The molecule has 0 spiro atoms. The molecule has 9 nitrogen and oxygen atoms in total. The van der Waals surface area contributed by atoms with Crippen LogP contribution in [0.25, 0.3) is 5.95 Å². The zero-order chi connectivity index (χ0) is 19.8. The van der Waals surface area contributed by atoms with E-state index in [1.54, 1.807) is 6.20 Å². The maximum Gasteiger partial charge on any atom is 0.255 e. The van der Waals surface area contributed by atoms with Gasteiger partial charge in [0.05, 0.1) is 6.20 Å². The highest BCUT2D eigenvalue weighted by Gasteiger charge is 2.16. The van der Waals surface area contributed by atoms with Crippen LogP contribution < -0.4 is 10.6 Å². The summed E-state index contributed by atoms with van der Waals surface area (Å²) in [7, 11) is 0. The van der Waals surface area contributed by atoms with Crippen molar-refractivity contribution in [1.29, 1.82) is 0 Å². The molecule has 1 amide bonds. The van der Waals surface area contributed by atoms with Crippen LogP contribution in [0.4, 0.5) is 11.5 Å². The fourth-order valence-corrected chi connectivity index (χ4v) is 2.64. The standard InChI is InChI=1S/C19H24N8O/c1-3-4-8-14(2)18(28)23-16-12-21-19(27-13-22-25-26-27)24-17(16)20-11-15-9-6-5-7-10-15/h5-7,9-10,12-14H,3-4,8,11H2,1-2H3,(H,23,28)(H,20,21,24). The number of hydrogen-bond donors (Lipinski definition) is 2. The van der Waals surface area contributed by atoms with E-state index in [4.69, 9.17) is 0 Å². The molecule has 2 aromatic heterocycles. The van der Waals surface area contributed by atoms with E-state index in [2.05, 4.69) is 43.1 Å². The van der Waals surface area contributed by atoms with E-state index in [1.807, 2.05) is 37.3 Å². The van der Waals surface area contributed by atoms with Gasteiger partial charge in [0.1, 0.15) is 12.0 Å². The first-order chi connectivity index (χ1) is 13.7. The summed E-state index contributed by atoms with van der Waals surface area (Å²) < 4.78 is 1.36. The number of hydrogen-bond acceptors (Lipinski definition) is 7. The maximum atomic E-state index is 12.5. The second-order valence-corrected chi connectivity index (χ2v) is 6.56. The van der Waals surface area contributed by atoms with E-state index in [0.717, 1.165) is 24.8 Å². The van der Waals surface area contributed by atoms with Crippen LogP contribution in [0, 0.1) is 5.92 Å². The van der Waals surface area contributed by atoms with Crippen LogP contribution in [0.3, 0.4) is 0 Å². The lowest BCUT2D eigenvalue weighted by Gasteiger charge is -2.15. The molecule has 3 aromatic rings. The van der Waals surface area contributed by atoms with Crippen molar-refractivity contribution >= 4 is 17.4 Å². The van der Waals surface area contributed by atoms with Crippen molar-refractivity contribution in [3.63, 3.8) is 0 Å². The van der Waals surface area contributed by atoms with Gasteiger partial charge in [-0.05, 0) is 22.4 Å². The predicted molar refractivity (Wildman–Crippen MR) is 106 cm³/mol. The van der Waals surface area contributed by atoms with E-state index < -0.39 is 0 Å². The Morgan fingerprint density at radius 3 is 2.79 bits per heavy atom. The quantitative estimate of drug-likeness (QED) is 0.587. The molecule has 0 fully saturated rings. The normalized spacial score (nSPS) is 11.8. The van der Waals surface area contributed by atoms with Gasteiger partial charge >= 0.3 is 0 Å². The Hall–Kier alpha value is -3.36. The molecular formula is C19H24N8O. The van der Waals surface area contributed by atoms with Gasteiger partial charge in [0.2, 0.25) is 5.91 Å². The number of amides is 1. The molecule has 0 aliphatic heterocycles. The average molecular weight is 380 g/mol. The molecule has 1 unspecified atom stereocenters. The van der Waals surface area contributed by atoms with Gasteiger partial charge in [0.25, 0.3) is 5.95 Å². The van der Waals surface area contributed by atoms with Crippen molar-refractivity contribution in [2.24, 2.45) is 5.92 Å². The number of carbonyl (C=O) groups is 1. The van der Waals surface area contributed by atoms with Gasteiger partial charge in [-0.15, -0.1) is 5.10 Å².